The third-order valence-electron chi connectivity index (χ3n) is 4.03. The quantitative estimate of drug-likeness (QED) is 0.829. The normalized spacial score (nSPS) is 17.3. The van der Waals surface area contributed by atoms with Crippen molar-refractivity contribution in [2.75, 3.05) is 32.8 Å². The summed E-state index contributed by atoms with van der Waals surface area (Å²) >= 11 is 0. The molecular weight excluding hydrogens is 248 g/mol. The Morgan fingerprint density at radius 2 is 2.10 bits per heavy atom. The first kappa shape index (κ1) is 15.3. The Bertz CT molecular complexity index is 386. The highest BCUT2D eigenvalue weighted by Crippen LogP contribution is 2.16. The van der Waals surface area contributed by atoms with E-state index in [-0.39, 0.29) is 0 Å². The van der Waals surface area contributed by atoms with E-state index in [4.69, 9.17) is 4.74 Å². The predicted molar refractivity (Wildman–Crippen MR) is 84.2 cm³/mol. The SMILES string of the molecule is CCNCc1cccc(OCCN2CCC(C)CC2)c1. The summed E-state index contributed by atoms with van der Waals surface area (Å²) in [6.45, 7) is 10.7. The molecule has 0 bridgehead atoms. The Labute approximate surface area is 123 Å². The lowest BCUT2D eigenvalue weighted by Crippen LogP contribution is -2.35. The molecule has 2 rings (SSSR count). The van der Waals surface area contributed by atoms with E-state index in [1.54, 1.807) is 0 Å². The second kappa shape index (κ2) is 8.28. The minimum absolute atomic E-state index is 0.791. The molecule has 112 valence electrons. The molecule has 0 atom stereocenters. The van der Waals surface area contributed by atoms with Crippen LogP contribution in [0.4, 0.5) is 0 Å². The number of nitrogens with one attached hydrogen (secondary N) is 1. The molecule has 1 saturated heterocycles. The van der Waals surface area contributed by atoms with Crippen molar-refractivity contribution < 1.29 is 4.74 Å². The molecule has 0 unspecified atom stereocenters. The summed E-state index contributed by atoms with van der Waals surface area (Å²) in [5.41, 5.74) is 1.29. The van der Waals surface area contributed by atoms with Crippen molar-refractivity contribution in [3.05, 3.63) is 29.8 Å². The Kier molecular flexibility index (Phi) is 6.34. The van der Waals surface area contributed by atoms with Crippen LogP contribution in [-0.4, -0.2) is 37.7 Å². The fourth-order valence-electron chi connectivity index (χ4n) is 2.59. The molecule has 1 fully saturated rings. The molecule has 1 N–H and O–H groups in total. The van der Waals surface area contributed by atoms with E-state index in [0.29, 0.717) is 0 Å². The number of benzene rings is 1. The largest absolute Gasteiger partial charge is 0.492 e. The molecule has 1 aromatic carbocycles. The van der Waals surface area contributed by atoms with Gasteiger partial charge in [0, 0.05) is 13.1 Å². The summed E-state index contributed by atoms with van der Waals surface area (Å²) in [5, 5.41) is 3.34. The number of hydrogen-bond acceptors (Lipinski definition) is 3. The lowest BCUT2D eigenvalue weighted by Gasteiger charge is -2.29. The van der Waals surface area contributed by atoms with Gasteiger partial charge in [0.2, 0.25) is 0 Å². The molecule has 1 heterocycles. The second-order valence-electron chi connectivity index (χ2n) is 5.80. The van der Waals surface area contributed by atoms with Gasteiger partial charge in [-0.05, 0) is 56.1 Å². The van der Waals surface area contributed by atoms with E-state index in [9.17, 15) is 0 Å². The fourth-order valence-corrected chi connectivity index (χ4v) is 2.59. The van der Waals surface area contributed by atoms with Gasteiger partial charge in [0.25, 0.3) is 0 Å². The van der Waals surface area contributed by atoms with Crippen molar-refractivity contribution in [2.24, 2.45) is 5.92 Å². The van der Waals surface area contributed by atoms with E-state index >= 15 is 0 Å². The van der Waals surface area contributed by atoms with Crippen molar-refractivity contribution in [3.63, 3.8) is 0 Å². The second-order valence-corrected chi connectivity index (χ2v) is 5.80. The predicted octanol–water partition coefficient (Wildman–Crippen LogP) is 2.91. The van der Waals surface area contributed by atoms with Gasteiger partial charge < -0.3 is 10.1 Å². The Morgan fingerprint density at radius 1 is 1.30 bits per heavy atom. The molecule has 0 spiro atoms. The van der Waals surface area contributed by atoms with E-state index in [2.05, 4.69) is 42.3 Å². The number of nitrogens with zero attached hydrogens (tertiary/aromatic N) is 1. The van der Waals surface area contributed by atoms with Crippen LogP contribution in [0.5, 0.6) is 5.75 Å². The molecule has 0 aromatic heterocycles. The van der Waals surface area contributed by atoms with Crippen LogP contribution in [0.3, 0.4) is 0 Å². The zero-order valence-electron chi connectivity index (χ0n) is 12.9. The van der Waals surface area contributed by atoms with Crippen LogP contribution in [0.2, 0.25) is 0 Å². The highest BCUT2D eigenvalue weighted by molar-refractivity contribution is 5.28. The number of rotatable bonds is 7. The molecule has 1 aliphatic rings. The molecule has 1 aliphatic heterocycles. The minimum atomic E-state index is 0.791. The molecule has 0 aliphatic carbocycles. The first-order valence-electron chi connectivity index (χ1n) is 7.92. The van der Waals surface area contributed by atoms with E-state index < -0.39 is 0 Å². The summed E-state index contributed by atoms with van der Waals surface area (Å²) in [6.07, 6.45) is 2.66. The van der Waals surface area contributed by atoms with Gasteiger partial charge in [-0.15, -0.1) is 0 Å². The van der Waals surface area contributed by atoms with Crippen molar-refractivity contribution in [1.82, 2.24) is 10.2 Å². The summed E-state index contributed by atoms with van der Waals surface area (Å²) in [7, 11) is 0. The number of piperidine rings is 1. The molecule has 3 nitrogen and oxygen atoms in total. The third-order valence-corrected chi connectivity index (χ3v) is 4.03. The minimum Gasteiger partial charge on any atom is -0.492 e. The van der Waals surface area contributed by atoms with Crippen molar-refractivity contribution in [3.8, 4) is 5.75 Å². The number of hydrogen-bond donors (Lipinski definition) is 1. The summed E-state index contributed by atoms with van der Waals surface area (Å²) in [5.74, 6) is 1.89. The van der Waals surface area contributed by atoms with E-state index in [1.807, 2.05) is 6.07 Å². The van der Waals surface area contributed by atoms with Gasteiger partial charge in [-0.2, -0.15) is 0 Å². The summed E-state index contributed by atoms with van der Waals surface area (Å²) in [6, 6.07) is 8.40. The Hall–Kier alpha value is -1.06. The maximum atomic E-state index is 5.89. The topological polar surface area (TPSA) is 24.5 Å². The Morgan fingerprint density at radius 3 is 2.85 bits per heavy atom. The highest BCUT2D eigenvalue weighted by atomic mass is 16.5. The van der Waals surface area contributed by atoms with Crippen LogP contribution in [0.1, 0.15) is 32.3 Å². The number of ether oxygens (including phenoxy) is 1. The zero-order chi connectivity index (χ0) is 14.2. The summed E-state index contributed by atoms with van der Waals surface area (Å²) in [4.78, 5) is 2.52. The lowest BCUT2D eigenvalue weighted by molar-refractivity contribution is 0.160. The number of likely N-dealkylation sites (tertiary alicyclic amines) is 1. The highest BCUT2D eigenvalue weighted by Gasteiger charge is 2.14. The average molecular weight is 276 g/mol. The smallest absolute Gasteiger partial charge is 0.119 e. The molecule has 0 radical (unpaired) electrons. The summed E-state index contributed by atoms with van der Waals surface area (Å²) < 4.78 is 5.89. The van der Waals surface area contributed by atoms with Crippen LogP contribution in [-0.2, 0) is 6.54 Å². The van der Waals surface area contributed by atoms with Gasteiger partial charge >= 0.3 is 0 Å². The first-order chi connectivity index (χ1) is 9.78. The van der Waals surface area contributed by atoms with Gasteiger partial charge in [0.05, 0.1) is 0 Å². The Balaban J connectivity index is 1.70. The van der Waals surface area contributed by atoms with Gasteiger partial charge in [-0.3, -0.25) is 4.90 Å². The zero-order valence-corrected chi connectivity index (χ0v) is 12.9. The first-order valence-corrected chi connectivity index (χ1v) is 7.92. The standard InChI is InChI=1S/C17H28N2O/c1-3-18-14-16-5-4-6-17(13-16)20-12-11-19-9-7-15(2)8-10-19/h4-6,13,15,18H,3,7-12,14H2,1-2H3. The van der Waals surface area contributed by atoms with Crippen molar-refractivity contribution >= 4 is 0 Å². The maximum absolute atomic E-state index is 5.89. The van der Waals surface area contributed by atoms with Gasteiger partial charge in [-0.25, -0.2) is 0 Å². The van der Waals surface area contributed by atoms with Crippen molar-refractivity contribution in [1.29, 1.82) is 0 Å². The fraction of sp³-hybridized carbons (Fsp3) is 0.647. The van der Waals surface area contributed by atoms with Gasteiger partial charge in [0.1, 0.15) is 12.4 Å². The van der Waals surface area contributed by atoms with E-state index in [1.165, 1.54) is 31.5 Å². The molecule has 3 heteroatoms. The molecule has 0 saturated carbocycles. The van der Waals surface area contributed by atoms with Crippen LogP contribution in [0, 0.1) is 5.92 Å². The maximum Gasteiger partial charge on any atom is 0.119 e. The van der Waals surface area contributed by atoms with Crippen LogP contribution in [0.15, 0.2) is 24.3 Å². The van der Waals surface area contributed by atoms with Crippen LogP contribution >= 0.6 is 0 Å². The average Bonchev–Trinajstić information content (AvgIpc) is 2.48. The molecular formula is C17H28N2O. The van der Waals surface area contributed by atoms with Crippen LogP contribution < -0.4 is 10.1 Å². The monoisotopic (exact) mass is 276 g/mol. The van der Waals surface area contributed by atoms with Gasteiger partial charge in [-0.1, -0.05) is 26.0 Å². The third kappa shape index (κ3) is 5.14. The molecule has 20 heavy (non-hydrogen) atoms. The van der Waals surface area contributed by atoms with Crippen molar-refractivity contribution in [2.45, 2.75) is 33.2 Å². The molecule has 1 aromatic rings. The molecule has 0 amide bonds. The lowest BCUT2D eigenvalue weighted by atomic mass is 9.99. The van der Waals surface area contributed by atoms with Gasteiger partial charge in [0.15, 0.2) is 0 Å². The van der Waals surface area contributed by atoms with E-state index in [0.717, 1.165) is 37.9 Å². The van der Waals surface area contributed by atoms with Crippen LogP contribution in [0.25, 0.3) is 0 Å².